The van der Waals surface area contributed by atoms with E-state index in [1.165, 1.54) is 10.4 Å². The van der Waals surface area contributed by atoms with Crippen LogP contribution in [0.2, 0.25) is 0 Å². The number of sulfonamides is 1. The van der Waals surface area contributed by atoms with Crippen LogP contribution in [0.25, 0.3) is 11.4 Å². The fourth-order valence-corrected chi connectivity index (χ4v) is 5.22. The van der Waals surface area contributed by atoms with Gasteiger partial charge in [-0.15, -0.1) is 0 Å². The Morgan fingerprint density at radius 3 is 2.67 bits per heavy atom. The topological polar surface area (TPSA) is 128 Å². The fourth-order valence-electron chi connectivity index (χ4n) is 3.55. The van der Waals surface area contributed by atoms with E-state index in [1.807, 2.05) is 0 Å². The van der Waals surface area contributed by atoms with Gasteiger partial charge in [-0.1, -0.05) is 5.16 Å². The first-order chi connectivity index (χ1) is 16.0. The van der Waals surface area contributed by atoms with Crippen molar-refractivity contribution in [2.24, 2.45) is 0 Å². The van der Waals surface area contributed by atoms with E-state index in [0.717, 1.165) is 18.4 Å². The number of nitrogens with one attached hydrogen (secondary N) is 1. The quantitative estimate of drug-likeness (QED) is 0.505. The van der Waals surface area contributed by atoms with Gasteiger partial charge in [0, 0.05) is 49.6 Å². The predicted molar refractivity (Wildman–Crippen MR) is 120 cm³/mol. The van der Waals surface area contributed by atoms with Gasteiger partial charge in [0.25, 0.3) is 0 Å². The molecule has 1 amide bonds. The minimum absolute atomic E-state index is 0.0583. The Balaban J connectivity index is 1.43. The maximum atomic E-state index is 13.1. The smallest absolute Gasteiger partial charge is 0.246 e. The molecule has 33 heavy (non-hydrogen) atoms. The van der Waals surface area contributed by atoms with Crippen molar-refractivity contribution in [3.63, 3.8) is 0 Å². The van der Waals surface area contributed by atoms with Crippen LogP contribution in [-0.4, -0.2) is 53.5 Å². The van der Waals surface area contributed by atoms with Gasteiger partial charge in [-0.25, -0.2) is 8.42 Å². The van der Waals surface area contributed by atoms with Crippen molar-refractivity contribution in [1.82, 2.24) is 19.4 Å². The van der Waals surface area contributed by atoms with Crippen LogP contribution < -0.4 is 10.1 Å². The molecule has 0 saturated carbocycles. The molecule has 1 fully saturated rings. The first-order valence-electron chi connectivity index (χ1n) is 10.8. The zero-order chi connectivity index (χ0) is 23.3. The van der Waals surface area contributed by atoms with Crippen LogP contribution in [0.15, 0.2) is 52.1 Å². The third kappa shape index (κ3) is 5.37. The van der Waals surface area contributed by atoms with Gasteiger partial charge >= 0.3 is 0 Å². The molecule has 3 heterocycles. The van der Waals surface area contributed by atoms with Crippen LogP contribution in [0.1, 0.15) is 32.1 Å². The molecular weight excluding hydrogens is 446 g/mol. The minimum atomic E-state index is -3.71. The van der Waals surface area contributed by atoms with Gasteiger partial charge in [0.1, 0.15) is 10.6 Å². The molecule has 10 nitrogen and oxygen atoms in total. The highest BCUT2D eigenvalue weighted by Gasteiger charge is 2.30. The van der Waals surface area contributed by atoms with E-state index >= 15 is 0 Å². The van der Waals surface area contributed by atoms with E-state index < -0.39 is 10.0 Å². The molecule has 0 bridgehead atoms. The summed E-state index contributed by atoms with van der Waals surface area (Å²) >= 11 is 0. The van der Waals surface area contributed by atoms with Gasteiger partial charge in [-0.3, -0.25) is 9.78 Å². The molecule has 1 aliphatic heterocycles. The number of nitrogens with zero attached hydrogens (tertiary/aromatic N) is 4. The Hall–Kier alpha value is -3.31. The number of hydrogen-bond donors (Lipinski definition) is 1. The number of aryl methyl sites for hydroxylation is 1. The second kappa shape index (κ2) is 10.1. The zero-order valence-corrected chi connectivity index (χ0v) is 19.0. The number of ether oxygens (including phenoxy) is 1. The number of amides is 1. The lowest BCUT2D eigenvalue weighted by molar-refractivity contribution is -0.116. The van der Waals surface area contributed by atoms with Gasteiger partial charge in [-0.2, -0.15) is 9.29 Å². The number of hydrogen-bond acceptors (Lipinski definition) is 8. The molecule has 11 heteroatoms. The number of rotatable bonds is 9. The summed E-state index contributed by atoms with van der Waals surface area (Å²) in [5.74, 6) is 0.737. The third-order valence-corrected chi connectivity index (χ3v) is 7.10. The van der Waals surface area contributed by atoms with Crippen LogP contribution >= 0.6 is 0 Å². The molecule has 1 N–H and O–H groups in total. The van der Waals surface area contributed by atoms with E-state index in [9.17, 15) is 13.2 Å². The molecule has 0 spiro atoms. The van der Waals surface area contributed by atoms with Gasteiger partial charge in [0.05, 0.1) is 6.61 Å². The highest BCUT2D eigenvalue weighted by atomic mass is 32.2. The lowest BCUT2D eigenvalue weighted by Crippen LogP contribution is -2.28. The first-order valence-corrected chi connectivity index (χ1v) is 12.2. The average molecular weight is 472 g/mol. The summed E-state index contributed by atoms with van der Waals surface area (Å²) in [7, 11) is -3.71. The van der Waals surface area contributed by atoms with Gasteiger partial charge in [-0.05, 0) is 50.1 Å². The molecule has 0 radical (unpaired) electrons. The summed E-state index contributed by atoms with van der Waals surface area (Å²) in [5.41, 5.74) is 1.15. The molecule has 0 atom stereocenters. The number of pyridine rings is 1. The van der Waals surface area contributed by atoms with E-state index in [1.54, 1.807) is 43.6 Å². The first kappa shape index (κ1) is 22.9. The predicted octanol–water partition coefficient (Wildman–Crippen LogP) is 2.89. The van der Waals surface area contributed by atoms with Crippen LogP contribution in [-0.2, 0) is 21.2 Å². The molecule has 1 aromatic carbocycles. The maximum Gasteiger partial charge on any atom is 0.246 e. The highest BCUT2D eigenvalue weighted by molar-refractivity contribution is 7.89. The van der Waals surface area contributed by atoms with Crippen molar-refractivity contribution in [2.45, 2.75) is 37.5 Å². The maximum absolute atomic E-state index is 13.1. The molecule has 174 valence electrons. The fraction of sp³-hybridized carbons (Fsp3) is 0.364. The van der Waals surface area contributed by atoms with Crippen molar-refractivity contribution in [3.8, 4) is 17.1 Å². The Bertz CT molecular complexity index is 1210. The van der Waals surface area contributed by atoms with Crippen molar-refractivity contribution in [2.75, 3.05) is 25.0 Å². The molecule has 1 aliphatic rings. The summed E-state index contributed by atoms with van der Waals surface area (Å²) in [5, 5.41) is 6.67. The zero-order valence-electron chi connectivity index (χ0n) is 18.2. The standard InChI is InChI=1S/C22H25N5O5S/c1-2-31-18-6-5-17(15-19(18)33(29,30)27-13-3-4-14-27)24-20(28)7-8-21-25-22(26-32-21)16-9-11-23-12-10-16/h5-6,9-12,15H,2-4,7-8,13-14H2,1H3,(H,24,28). The van der Waals surface area contributed by atoms with E-state index in [-0.39, 0.29) is 29.4 Å². The van der Waals surface area contributed by atoms with Gasteiger partial charge < -0.3 is 14.6 Å². The number of benzene rings is 1. The van der Waals surface area contributed by atoms with Crippen LogP contribution in [0.5, 0.6) is 5.75 Å². The van der Waals surface area contributed by atoms with Crippen LogP contribution in [0.4, 0.5) is 5.69 Å². The van der Waals surface area contributed by atoms with E-state index in [0.29, 0.717) is 37.1 Å². The normalized spacial score (nSPS) is 14.3. The summed E-state index contributed by atoms with van der Waals surface area (Å²) in [6.07, 6.45) is 5.28. The average Bonchev–Trinajstić information content (AvgIpc) is 3.52. The lowest BCUT2D eigenvalue weighted by atomic mass is 10.2. The van der Waals surface area contributed by atoms with E-state index in [4.69, 9.17) is 9.26 Å². The van der Waals surface area contributed by atoms with Crippen molar-refractivity contribution >= 4 is 21.6 Å². The molecule has 0 aliphatic carbocycles. The van der Waals surface area contributed by atoms with Gasteiger partial charge in [0.2, 0.25) is 27.6 Å². The van der Waals surface area contributed by atoms with Crippen molar-refractivity contribution in [1.29, 1.82) is 0 Å². The highest BCUT2D eigenvalue weighted by Crippen LogP contribution is 2.31. The third-order valence-electron chi connectivity index (χ3n) is 5.18. The summed E-state index contributed by atoms with van der Waals surface area (Å²) in [6.45, 7) is 3.09. The molecule has 0 unspecified atom stereocenters. The molecule has 2 aromatic heterocycles. The Kier molecular flexibility index (Phi) is 6.99. The lowest BCUT2D eigenvalue weighted by Gasteiger charge is -2.19. The summed E-state index contributed by atoms with van der Waals surface area (Å²) < 4.78 is 38.4. The molecular formula is C22H25N5O5S. The van der Waals surface area contributed by atoms with Crippen molar-refractivity contribution < 1.29 is 22.5 Å². The monoisotopic (exact) mass is 471 g/mol. The Morgan fingerprint density at radius 2 is 1.94 bits per heavy atom. The number of carbonyl (C=O) groups is 1. The van der Waals surface area contributed by atoms with Crippen molar-refractivity contribution in [3.05, 3.63) is 48.6 Å². The molecule has 3 aromatic rings. The number of aromatic nitrogens is 3. The van der Waals surface area contributed by atoms with E-state index in [2.05, 4.69) is 20.4 Å². The molecule has 1 saturated heterocycles. The largest absolute Gasteiger partial charge is 0.492 e. The second-order valence-electron chi connectivity index (χ2n) is 7.50. The van der Waals surface area contributed by atoms with Crippen LogP contribution in [0, 0.1) is 0 Å². The second-order valence-corrected chi connectivity index (χ2v) is 9.41. The summed E-state index contributed by atoms with van der Waals surface area (Å²) in [4.78, 5) is 20.8. The number of anilines is 1. The SMILES string of the molecule is CCOc1ccc(NC(=O)CCc2nc(-c3ccncc3)no2)cc1S(=O)(=O)N1CCCC1. The minimum Gasteiger partial charge on any atom is -0.492 e. The number of carbonyl (C=O) groups excluding carboxylic acids is 1. The Labute approximate surface area is 192 Å². The summed E-state index contributed by atoms with van der Waals surface area (Å²) in [6, 6.07) is 8.17. The van der Waals surface area contributed by atoms with Crippen LogP contribution in [0.3, 0.4) is 0 Å². The Morgan fingerprint density at radius 1 is 1.18 bits per heavy atom. The van der Waals surface area contributed by atoms with Gasteiger partial charge in [0.15, 0.2) is 0 Å². The molecule has 4 rings (SSSR count).